The van der Waals surface area contributed by atoms with Crippen LogP contribution in [0.2, 0.25) is 5.02 Å². The topological polar surface area (TPSA) is 163 Å². The molecule has 0 saturated carbocycles. The molecule has 5 rings (SSSR count). The monoisotopic (exact) mass is 790 g/mol. The van der Waals surface area contributed by atoms with Gasteiger partial charge in [0.15, 0.2) is 0 Å². The summed E-state index contributed by atoms with van der Waals surface area (Å²) in [4.78, 5) is 25.8. The molecule has 0 aliphatic rings. The zero-order valence-electron chi connectivity index (χ0n) is 32.1. The highest BCUT2D eigenvalue weighted by Gasteiger charge is 2.15. The standard InChI is InChI=1S/C45H47ClN4O7/c1-30-35(28-55-38-15-13-32(14-16-38)23-48-17-5-11-44(51)52)7-3-9-39(30)40-10-4-8-36(31(40)2)29-57-43-21-42(56-27-34-19-33(22-47)24-50-25-34)37(20-41(43)46)26-49-18-6-12-45(53)54/h3-4,7-10,13-16,19-21,24-25,48-49H,5-6,11-12,17-18,23,26-29H2,1-2H3,(H,51,52)(H,53,54). The highest BCUT2D eigenvalue weighted by molar-refractivity contribution is 6.32. The number of ether oxygens (including phenoxy) is 3. The minimum absolute atomic E-state index is 0.0715. The van der Waals surface area contributed by atoms with Crippen LogP contribution in [0.15, 0.2) is 91.3 Å². The van der Waals surface area contributed by atoms with Crippen molar-refractivity contribution in [3.8, 4) is 34.4 Å². The van der Waals surface area contributed by atoms with Crippen molar-refractivity contribution in [2.24, 2.45) is 0 Å². The van der Waals surface area contributed by atoms with Crippen molar-refractivity contribution in [3.63, 3.8) is 0 Å². The van der Waals surface area contributed by atoms with Crippen molar-refractivity contribution in [1.29, 1.82) is 5.26 Å². The van der Waals surface area contributed by atoms with Gasteiger partial charge in [0, 0.05) is 55.5 Å². The van der Waals surface area contributed by atoms with Gasteiger partial charge in [0.1, 0.15) is 43.1 Å². The predicted octanol–water partition coefficient (Wildman–Crippen LogP) is 8.54. The number of pyridine rings is 1. The van der Waals surface area contributed by atoms with Crippen molar-refractivity contribution in [2.75, 3.05) is 13.1 Å². The molecule has 0 spiro atoms. The number of halogens is 1. The van der Waals surface area contributed by atoms with E-state index in [0.29, 0.717) is 67.7 Å². The summed E-state index contributed by atoms with van der Waals surface area (Å²) in [6.07, 6.45) is 4.44. The first-order valence-electron chi connectivity index (χ1n) is 18.8. The SMILES string of the molecule is Cc1c(COc2ccc(CNCCCC(=O)O)cc2)cccc1-c1cccc(COc2cc(OCc3cncc(C#N)c3)c(CNCCCC(=O)O)cc2Cl)c1C. The average molecular weight is 791 g/mol. The van der Waals surface area contributed by atoms with Crippen molar-refractivity contribution < 1.29 is 34.0 Å². The summed E-state index contributed by atoms with van der Waals surface area (Å²) < 4.78 is 18.7. The van der Waals surface area contributed by atoms with Crippen LogP contribution in [0.3, 0.4) is 0 Å². The Hall–Kier alpha value is -5.93. The van der Waals surface area contributed by atoms with Crippen LogP contribution < -0.4 is 24.8 Å². The summed E-state index contributed by atoms with van der Waals surface area (Å²) in [5.41, 5.74) is 9.49. The Morgan fingerprint density at radius 2 is 1.30 bits per heavy atom. The van der Waals surface area contributed by atoms with E-state index in [9.17, 15) is 14.9 Å². The van der Waals surface area contributed by atoms with Gasteiger partial charge in [0.2, 0.25) is 0 Å². The Bertz CT molecular complexity index is 2190. The Labute approximate surface area is 338 Å². The highest BCUT2D eigenvalue weighted by Crippen LogP contribution is 2.36. The Morgan fingerprint density at radius 1 is 0.702 bits per heavy atom. The minimum Gasteiger partial charge on any atom is -0.489 e. The first-order valence-corrected chi connectivity index (χ1v) is 19.1. The number of nitriles is 1. The summed E-state index contributed by atoms with van der Waals surface area (Å²) >= 11 is 6.77. The van der Waals surface area contributed by atoms with E-state index in [0.717, 1.165) is 55.8 Å². The average Bonchev–Trinajstić information content (AvgIpc) is 3.20. The number of nitrogens with one attached hydrogen (secondary N) is 2. The molecule has 11 nitrogen and oxygen atoms in total. The molecule has 5 aromatic rings. The number of benzene rings is 4. The van der Waals surface area contributed by atoms with E-state index in [1.165, 1.54) is 6.20 Å². The maximum atomic E-state index is 10.9. The van der Waals surface area contributed by atoms with Gasteiger partial charge in [-0.1, -0.05) is 60.1 Å². The molecule has 296 valence electrons. The van der Waals surface area contributed by atoms with E-state index < -0.39 is 11.9 Å². The zero-order chi connectivity index (χ0) is 40.6. The lowest BCUT2D eigenvalue weighted by atomic mass is 9.92. The third-order valence-electron chi connectivity index (χ3n) is 9.45. The third kappa shape index (κ3) is 12.8. The Kier molecular flexibility index (Phi) is 15.8. The molecule has 0 bridgehead atoms. The van der Waals surface area contributed by atoms with Crippen molar-refractivity contribution in [3.05, 3.63) is 141 Å². The number of hydrogen-bond donors (Lipinski definition) is 4. The maximum absolute atomic E-state index is 10.9. The number of nitrogens with zero attached hydrogens (tertiary/aromatic N) is 2. The van der Waals surface area contributed by atoms with E-state index in [-0.39, 0.29) is 26.1 Å². The molecule has 4 N–H and O–H groups in total. The number of hydrogen-bond acceptors (Lipinski definition) is 9. The molecule has 1 aromatic heterocycles. The normalized spacial score (nSPS) is 10.8. The predicted molar refractivity (Wildman–Crippen MR) is 218 cm³/mol. The molecule has 0 radical (unpaired) electrons. The van der Waals surface area contributed by atoms with Gasteiger partial charge in [0.05, 0.1) is 10.6 Å². The minimum atomic E-state index is -0.842. The Morgan fingerprint density at radius 3 is 1.91 bits per heavy atom. The van der Waals surface area contributed by atoms with Crippen LogP contribution in [0.1, 0.15) is 70.2 Å². The molecule has 1 heterocycles. The zero-order valence-corrected chi connectivity index (χ0v) is 32.9. The fraction of sp³-hybridized carbons (Fsp3) is 0.289. The van der Waals surface area contributed by atoms with E-state index >= 15 is 0 Å². The molecule has 0 amide bonds. The van der Waals surface area contributed by atoms with Crippen LogP contribution in [0.5, 0.6) is 17.2 Å². The van der Waals surface area contributed by atoms with Crippen molar-refractivity contribution in [2.45, 2.75) is 72.4 Å². The van der Waals surface area contributed by atoms with E-state index in [1.807, 2.05) is 42.5 Å². The number of carboxylic acid groups (broad SMARTS) is 2. The second-order valence-corrected chi connectivity index (χ2v) is 14.0. The number of carbonyl (C=O) groups is 2. The molecule has 4 aromatic carbocycles. The first kappa shape index (κ1) is 42.2. The van der Waals surface area contributed by atoms with Crippen LogP contribution >= 0.6 is 11.6 Å². The van der Waals surface area contributed by atoms with Gasteiger partial charge in [-0.2, -0.15) is 5.26 Å². The van der Waals surface area contributed by atoms with Crippen LogP contribution in [0, 0.1) is 25.2 Å². The van der Waals surface area contributed by atoms with Crippen molar-refractivity contribution in [1.82, 2.24) is 15.6 Å². The van der Waals surface area contributed by atoms with Gasteiger partial charge in [0.25, 0.3) is 0 Å². The number of rotatable bonds is 22. The van der Waals surface area contributed by atoms with E-state index in [4.69, 9.17) is 36.0 Å². The lowest BCUT2D eigenvalue weighted by Gasteiger charge is -2.18. The van der Waals surface area contributed by atoms with Gasteiger partial charge in [-0.15, -0.1) is 0 Å². The molecule has 12 heteroatoms. The molecular formula is C45H47ClN4O7. The van der Waals surface area contributed by atoms with Crippen LogP contribution in [0.25, 0.3) is 11.1 Å². The molecule has 0 unspecified atom stereocenters. The second-order valence-electron chi connectivity index (χ2n) is 13.6. The molecule has 57 heavy (non-hydrogen) atoms. The molecule has 0 fully saturated rings. The van der Waals surface area contributed by atoms with Crippen molar-refractivity contribution >= 4 is 23.5 Å². The summed E-state index contributed by atoms with van der Waals surface area (Å²) in [5.74, 6) is 0.133. The lowest BCUT2D eigenvalue weighted by molar-refractivity contribution is -0.138. The summed E-state index contributed by atoms with van der Waals surface area (Å²) in [5, 5.41) is 34.0. The van der Waals surface area contributed by atoms with Gasteiger partial charge >= 0.3 is 11.9 Å². The number of aromatic nitrogens is 1. The maximum Gasteiger partial charge on any atom is 0.303 e. The Balaban J connectivity index is 1.25. The number of aliphatic carboxylic acids is 2. The third-order valence-corrected chi connectivity index (χ3v) is 9.74. The fourth-order valence-corrected chi connectivity index (χ4v) is 6.46. The molecule has 0 saturated heterocycles. The van der Waals surface area contributed by atoms with E-state index in [2.05, 4.69) is 53.7 Å². The molecule has 0 aliphatic heterocycles. The highest BCUT2D eigenvalue weighted by atomic mass is 35.5. The second kappa shape index (κ2) is 21.4. The van der Waals surface area contributed by atoms with Crippen LogP contribution in [-0.4, -0.2) is 40.2 Å². The fourth-order valence-electron chi connectivity index (χ4n) is 6.22. The van der Waals surface area contributed by atoms with Gasteiger partial charge < -0.3 is 35.1 Å². The summed E-state index contributed by atoms with van der Waals surface area (Å²) in [6, 6.07) is 27.7. The largest absolute Gasteiger partial charge is 0.489 e. The van der Waals surface area contributed by atoms with Crippen LogP contribution in [0.4, 0.5) is 0 Å². The number of carboxylic acids is 2. The van der Waals surface area contributed by atoms with Gasteiger partial charge in [-0.05, 0) is 103 Å². The smallest absolute Gasteiger partial charge is 0.303 e. The molecule has 0 atom stereocenters. The van der Waals surface area contributed by atoms with E-state index in [1.54, 1.807) is 24.4 Å². The lowest BCUT2D eigenvalue weighted by Crippen LogP contribution is -2.16. The quantitative estimate of drug-likeness (QED) is 0.0497. The summed E-state index contributed by atoms with van der Waals surface area (Å²) in [6.45, 7) is 7.24. The van der Waals surface area contributed by atoms with Crippen LogP contribution in [-0.2, 0) is 42.5 Å². The first-order chi connectivity index (χ1) is 27.6. The molecular weight excluding hydrogens is 744 g/mol. The molecule has 0 aliphatic carbocycles. The van der Waals surface area contributed by atoms with Gasteiger partial charge in [-0.25, -0.2) is 0 Å². The van der Waals surface area contributed by atoms with Gasteiger partial charge in [-0.3, -0.25) is 14.6 Å². The summed E-state index contributed by atoms with van der Waals surface area (Å²) in [7, 11) is 0.